The van der Waals surface area contributed by atoms with Gasteiger partial charge in [0.05, 0.1) is 4.92 Å². The minimum atomic E-state index is -0.584. The first kappa shape index (κ1) is 14.9. The molecule has 0 unspecified atom stereocenters. The van der Waals surface area contributed by atoms with Crippen LogP contribution in [0.4, 0.5) is 17.3 Å². The molecule has 0 amide bonds. The summed E-state index contributed by atoms with van der Waals surface area (Å²) in [5.74, 6) is 5.29. The highest BCUT2D eigenvalue weighted by Gasteiger charge is 2.21. The maximum absolute atomic E-state index is 11.0. The van der Waals surface area contributed by atoms with Gasteiger partial charge in [-0.2, -0.15) is 0 Å². The lowest BCUT2D eigenvalue weighted by molar-refractivity contribution is -0.383. The molecule has 0 saturated heterocycles. The number of nitrogens with two attached hydrogens (primary N) is 1. The number of hydrogen-bond donors (Lipinski definition) is 3. The van der Waals surface area contributed by atoms with Crippen molar-refractivity contribution in [1.29, 1.82) is 0 Å². The molecule has 0 aliphatic heterocycles. The quantitative estimate of drug-likeness (QED) is 0.424. The molecule has 2 aromatic rings. The normalized spacial score (nSPS) is 10.2. The highest BCUT2D eigenvalue weighted by Crippen LogP contribution is 2.27. The van der Waals surface area contributed by atoms with Crippen molar-refractivity contribution in [2.75, 3.05) is 17.3 Å². The van der Waals surface area contributed by atoms with E-state index in [4.69, 9.17) is 17.4 Å². The number of rotatable bonds is 6. The number of anilines is 2. The fourth-order valence-corrected chi connectivity index (χ4v) is 1.89. The van der Waals surface area contributed by atoms with Gasteiger partial charge in [-0.15, -0.1) is 0 Å². The van der Waals surface area contributed by atoms with Gasteiger partial charge in [0, 0.05) is 11.6 Å². The molecule has 110 valence electrons. The zero-order chi connectivity index (χ0) is 15.2. The summed E-state index contributed by atoms with van der Waals surface area (Å²) in [7, 11) is 0. The van der Waals surface area contributed by atoms with Gasteiger partial charge in [-0.1, -0.05) is 23.7 Å². The maximum Gasteiger partial charge on any atom is 0.354 e. The number of halogens is 1. The fraction of sp³-hybridized carbons (Fsp3) is 0.167. The second-order valence-corrected chi connectivity index (χ2v) is 4.56. The molecule has 0 aliphatic rings. The summed E-state index contributed by atoms with van der Waals surface area (Å²) in [6, 6.07) is 7.37. The third kappa shape index (κ3) is 3.77. The monoisotopic (exact) mass is 308 g/mol. The van der Waals surface area contributed by atoms with Gasteiger partial charge in [0.25, 0.3) is 0 Å². The van der Waals surface area contributed by atoms with Gasteiger partial charge in [-0.3, -0.25) is 10.1 Å². The van der Waals surface area contributed by atoms with Crippen molar-refractivity contribution in [2.24, 2.45) is 5.84 Å². The Morgan fingerprint density at radius 3 is 2.52 bits per heavy atom. The van der Waals surface area contributed by atoms with Gasteiger partial charge in [-0.05, 0) is 24.1 Å². The molecule has 4 N–H and O–H groups in total. The number of nitrogens with zero attached hydrogens (tertiary/aromatic N) is 3. The Hall–Kier alpha value is -2.45. The van der Waals surface area contributed by atoms with Crippen LogP contribution in [0.1, 0.15) is 5.56 Å². The van der Waals surface area contributed by atoms with Gasteiger partial charge in [0.1, 0.15) is 6.33 Å². The standard InChI is InChI=1S/C12H13ClN6O2/c13-9-3-1-8(2-4-9)5-6-15-11-10(19(20)21)12(18-14)17-7-16-11/h1-4,7H,5-6,14H2,(H2,15,16,17,18). The molecule has 1 aromatic carbocycles. The summed E-state index contributed by atoms with van der Waals surface area (Å²) in [6.07, 6.45) is 1.87. The van der Waals surface area contributed by atoms with Crippen LogP contribution in [-0.2, 0) is 6.42 Å². The zero-order valence-electron chi connectivity index (χ0n) is 10.9. The molecule has 0 fully saturated rings. The van der Waals surface area contributed by atoms with E-state index in [1.165, 1.54) is 6.33 Å². The Morgan fingerprint density at radius 1 is 1.24 bits per heavy atom. The molecule has 0 saturated carbocycles. The first-order valence-corrected chi connectivity index (χ1v) is 6.44. The van der Waals surface area contributed by atoms with E-state index in [9.17, 15) is 10.1 Å². The Morgan fingerprint density at radius 2 is 1.90 bits per heavy atom. The van der Waals surface area contributed by atoms with E-state index in [0.717, 1.165) is 5.56 Å². The lowest BCUT2D eigenvalue weighted by atomic mass is 10.1. The molecule has 0 radical (unpaired) electrons. The Bertz CT molecular complexity index is 634. The van der Waals surface area contributed by atoms with Crippen LogP contribution < -0.4 is 16.6 Å². The SMILES string of the molecule is NNc1ncnc(NCCc2ccc(Cl)cc2)c1[N+](=O)[O-]. The lowest BCUT2D eigenvalue weighted by Crippen LogP contribution is -2.14. The van der Waals surface area contributed by atoms with Crippen molar-refractivity contribution in [3.63, 3.8) is 0 Å². The van der Waals surface area contributed by atoms with Crippen LogP contribution in [0.5, 0.6) is 0 Å². The van der Waals surface area contributed by atoms with Gasteiger partial charge in [0.15, 0.2) is 0 Å². The Kier molecular flexibility index (Phi) is 4.85. The molecule has 1 heterocycles. The van der Waals surface area contributed by atoms with Crippen LogP contribution in [0, 0.1) is 10.1 Å². The number of aromatic nitrogens is 2. The van der Waals surface area contributed by atoms with Crippen molar-refractivity contribution in [1.82, 2.24) is 9.97 Å². The molecule has 2 rings (SSSR count). The maximum atomic E-state index is 11.0. The van der Waals surface area contributed by atoms with Crippen molar-refractivity contribution in [3.05, 3.63) is 51.3 Å². The van der Waals surface area contributed by atoms with E-state index in [2.05, 4.69) is 20.7 Å². The molecule has 1 aromatic heterocycles. The van der Waals surface area contributed by atoms with Crippen LogP contribution in [0.15, 0.2) is 30.6 Å². The van der Waals surface area contributed by atoms with Crippen LogP contribution in [-0.4, -0.2) is 21.4 Å². The zero-order valence-corrected chi connectivity index (χ0v) is 11.7. The van der Waals surface area contributed by atoms with E-state index < -0.39 is 4.92 Å². The average molecular weight is 309 g/mol. The van der Waals surface area contributed by atoms with Gasteiger partial charge >= 0.3 is 5.69 Å². The number of hydrogen-bond acceptors (Lipinski definition) is 7. The predicted molar refractivity (Wildman–Crippen MR) is 80.1 cm³/mol. The van der Waals surface area contributed by atoms with E-state index in [0.29, 0.717) is 18.0 Å². The van der Waals surface area contributed by atoms with Crippen molar-refractivity contribution in [2.45, 2.75) is 6.42 Å². The minimum absolute atomic E-state index is 0.0380. The van der Waals surface area contributed by atoms with Gasteiger partial charge < -0.3 is 10.7 Å². The number of nitro groups is 1. The molecular weight excluding hydrogens is 296 g/mol. The second-order valence-electron chi connectivity index (χ2n) is 4.12. The Labute approximate surface area is 125 Å². The molecular formula is C12H13ClN6O2. The minimum Gasteiger partial charge on any atom is -0.364 e. The molecule has 21 heavy (non-hydrogen) atoms. The highest BCUT2D eigenvalue weighted by atomic mass is 35.5. The first-order chi connectivity index (χ1) is 10.1. The third-order valence-electron chi connectivity index (χ3n) is 2.76. The third-order valence-corrected chi connectivity index (χ3v) is 3.01. The molecule has 0 atom stereocenters. The number of hydrazine groups is 1. The summed E-state index contributed by atoms with van der Waals surface area (Å²) in [4.78, 5) is 18.0. The van der Waals surface area contributed by atoms with Crippen molar-refractivity contribution >= 4 is 28.9 Å². The molecule has 0 bridgehead atoms. The second kappa shape index (κ2) is 6.82. The van der Waals surface area contributed by atoms with Crippen molar-refractivity contribution in [3.8, 4) is 0 Å². The van der Waals surface area contributed by atoms with E-state index in [1.54, 1.807) is 12.1 Å². The fourth-order valence-electron chi connectivity index (χ4n) is 1.76. The van der Waals surface area contributed by atoms with Crippen molar-refractivity contribution < 1.29 is 4.92 Å². The summed E-state index contributed by atoms with van der Waals surface area (Å²) in [6.45, 7) is 0.476. The molecule has 0 aliphatic carbocycles. The van der Waals surface area contributed by atoms with Gasteiger partial charge in [-0.25, -0.2) is 15.8 Å². The smallest absolute Gasteiger partial charge is 0.354 e. The van der Waals surface area contributed by atoms with Crippen LogP contribution >= 0.6 is 11.6 Å². The van der Waals surface area contributed by atoms with E-state index >= 15 is 0 Å². The summed E-state index contributed by atoms with van der Waals surface area (Å²) >= 11 is 5.80. The van der Waals surface area contributed by atoms with Gasteiger partial charge in [0.2, 0.25) is 11.6 Å². The lowest BCUT2D eigenvalue weighted by Gasteiger charge is -2.08. The van der Waals surface area contributed by atoms with E-state index in [1.807, 2.05) is 12.1 Å². The Balaban J connectivity index is 2.06. The van der Waals surface area contributed by atoms with Crippen LogP contribution in [0.3, 0.4) is 0 Å². The number of benzene rings is 1. The van der Waals surface area contributed by atoms with Crippen LogP contribution in [0.25, 0.3) is 0 Å². The highest BCUT2D eigenvalue weighted by molar-refractivity contribution is 6.30. The first-order valence-electron chi connectivity index (χ1n) is 6.06. The average Bonchev–Trinajstić information content (AvgIpc) is 2.48. The molecule has 8 nitrogen and oxygen atoms in total. The summed E-state index contributed by atoms with van der Waals surface area (Å²) < 4.78 is 0. The van der Waals surface area contributed by atoms with Crippen LogP contribution in [0.2, 0.25) is 5.02 Å². The largest absolute Gasteiger partial charge is 0.364 e. The summed E-state index contributed by atoms with van der Waals surface area (Å²) in [5, 5.41) is 14.6. The topological polar surface area (TPSA) is 119 Å². The molecule has 0 spiro atoms. The summed E-state index contributed by atoms with van der Waals surface area (Å²) in [5.41, 5.74) is 2.96. The van der Waals surface area contributed by atoms with E-state index in [-0.39, 0.29) is 17.3 Å². The number of nitrogens with one attached hydrogen (secondary N) is 2. The predicted octanol–water partition coefficient (Wildman–Crippen LogP) is 1.98. The number of nitrogen functional groups attached to an aromatic ring is 1. The molecule has 9 heteroatoms.